The quantitative estimate of drug-likeness (QED) is 0.908. The van der Waals surface area contributed by atoms with Gasteiger partial charge in [-0.3, -0.25) is 9.59 Å². The van der Waals surface area contributed by atoms with Crippen molar-refractivity contribution in [1.82, 2.24) is 0 Å². The molecule has 0 spiro atoms. The number of ether oxygens (including phenoxy) is 1. The fourth-order valence-electron chi connectivity index (χ4n) is 2.94. The summed E-state index contributed by atoms with van der Waals surface area (Å²) in [4.78, 5) is 25.9. The molecule has 1 N–H and O–H groups in total. The van der Waals surface area contributed by atoms with Gasteiger partial charge in [0.2, 0.25) is 5.91 Å². The van der Waals surface area contributed by atoms with E-state index in [1.54, 1.807) is 4.90 Å². The van der Waals surface area contributed by atoms with Crippen molar-refractivity contribution >= 4 is 23.2 Å². The monoisotopic (exact) mass is 338 g/mol. The highest BCUT2D eigenvalue weighted by molar-refractivity contribution is 5.98. The Kier molecular flexibility index (Phi) is 5.03. The lowest BCUT2D eigenvalue weighted by Gasteiger charge is -2.19. The van der Waals surface area contributed by atoms with Crippen LogP contribution in [0.2, 0.25) is 0 Å². The second-order valence-corrected chi connectivity index (χ2v) is 6.25. The van der Waals surface area contributed by atoms with Gasteiger partial charge in [-0.1, -0.05) is 24.3 Å². The Bertz CT molecular complexity index is 801. The molecule has 0 aliphatic carbocycles. The molecular formula is C20H22N2O3. The third-order valence-electron chi connectivity index (χ3n) is 4.31. The van der Waals surface area contributed by atoms with Crippen molar-refractivity contribution in [3.05, 3.63) is 53.6 Å². The van der Waals surface area contributed by atoms with Gasteiger partial charge < -0.3 is 15.0 Å². The largest absolute Gasteiger partial charge is 0.483 e. The highest BCUT2D eigenvalue weighted by atomic mass is 16.5. The average Bonchev–Trinajstić information content (AvgIpc) is 3.02. The number of hydrogen-bond donors (Lipinski definition) is 1. The molecule has 0 aromatic heterocycles. The number of aryl methyl sites for hydroxylation is 2. The summed E-state index contributed by atoms with van der Waals surface area (Å²) in [6, 6.07) is 13.2. The molecule has 5 nitrogen and oxygen atoms in total. The molecule has 2 aromatic carbocycles. The van der Waals surface area contributed by atoms with Gasteiger partial charge >= 0.3 is 0 Å². The van der Waals surface area contributed by atoms with Crippen LogP contribution in [0.25, 0.3) is 0 Å². The summed E-state index contributed by atoms with van der Waals surface area (Å²) >= 11 is 0. The molecule has 0 radical (unpaired) electrons. The smallest absolute Gasteiger partial charge is 0.262 e. The predicted molar refractivity (Wildman–Crippen MR) is 98.1 cm³/mol. The van der Waals surface area contributed by atoms with Gasteiger partial charge in [0.25, 0.3) is 5.91 Å². The summed E-state index contributed by atoms with van der Waals surface area (Å²) in [6.07, 6.45) is 1.46. The van der Waals surface area contributed by atoms with Crippen molar-refractivity contribution in [3.8, 4) is 5.75 Å². The van der Waals surface area contributed by atoms with E-state index in [9.17, 15) is 9.59 Å². The normalized spacial score (nSPS) is 13.8. The first-order chi connectivity index (χ1) is 12.0. The number of carbonyl (C=O) groups is 2. The minimum atomic E-state index is -0.231. The van der Waals surface area contributed by atoms with Crippen LogP contribution in [-0.2, 0) is 9.59 Å². The maximum absolute atomic E-state index is 12.2. The van der Waals surface area contributed by atoms with Gasteiger partial charge in [0.1, 0.15) is 5.75 Å². The minimum absolute atomic E-state index is 0.0588. The number of hydrogen-bond acceptors (Lipinski definition) is 3. The highest BCUT2D eigenvalue weighted by Crippen LogP contribution is 2.28. The summed E-state index contributed by atoms with van der Waals surface area (Å²) in [5.41, 5.74) is 3.53. The molecule has 0 bridgehead atoms. The molecule has 1 heterocycles. The second kappa shape index (κ2) is 7.38. The molecular weight excluding hydrogens is 316 g/mol. The topological polar surface area (TPSA) is 58.6 Å². The van der Waals surface area contributed by atoms with Gasteiger partial charge in [-0.25, -0.2) is 0 Å². The molecule has 0 saturated carbocycles. The zero-order valence-corrected chi connectivity index (χ0v) is 14.5. The summed E-state index contributed by atoms with van der Waals surface area (Å²) in [5, 5.41) is 2.84. The van der Waals surface area contributed by atoms with Crippen molar-refractivity contribution < 1.29 is 14.3 Å². The van der Waals surface area contributed by atoms with Crippen LogP contribution in [0.3, 0.4) is 0 Å². The Hall–Kier alpha value is -2.82. The van der Waals surface area contributed by atoms with Crippen LogP contribution in [0.5, 0.6) is 5.75 Å². The average molecular weight is 338 g/mol. The predicted octanol–water partition coefficient (Wildman–Crippen LogP) is 3.45. The van der Waals surface area contributed by atoms with E-state index in [1.165, 1.54) is 0 Å². The number of carbonyl (C=O) groups excluding carboxylic acids is 2. The Morgan fingerprint density at radius 1 is 1.16 bits per heavy atom. The molecule has 1 aliphatic rings. The van der Waals surface area contributed by atoms with Gasteiger partial charge in [0, 0.05) is 24.3 Å². The van der Waals surface area contributed by atoms with Crippen LogP contribution in [0, 0.1) is 13.8 Å². The molecule has 1 aliphatic heterocycles. The fourth-order valence-corrected chi connectivity index (χ4v) is 2.94. The summed E-state index contributed by atoms with van der Waals surface area (Å²) in [5.74, 6) is 0.602. The molecule has 1 saturated heterocycles. The van der Waals surface area contributed by atoms with E-state index in [1.807, 2.05) is 56.3 Å². The standard InChI is InChI=1S/C20H22N2O3/c1-14-9-10-16(12-17(14)22-11-5-8-20(22)24)21-19(23)13-25-18-7-4-3-6-15(18)2/h3-4,6-7,9-10,12H,5,8,11,13H2,1-2H3,(H,21,23). The Morgan fingerprint density at radius 2 is 1.96 bits per heavy atom. The number of para-hydroxylation sites is 1. The van der Waals surface area contributed by atoms with Gasteiger partial charge in [-0.05, 0) is 49.6 Å². The lowest BCUT2D eigenvalue weighted by Crippen LogP contribution is -2.25. The van der Waals surface area contributed by atoms with Crippen molar-refractivity contribution in [2.75, 3.05) is 23.4 Å². The fraction of sp³-hybridized carbons (Fsp3) is 0.300. The molecule has 2 aromatic rings. The molecule has 5 heteroatoms. The first-order valence-corrected chi connectivity index (χ1v) is 8.44. The second-order valence-electron chi connectivity index (χ2n) is 6.25. The first-order valence-electron chi connectivity index (χ1n) is 8.44. The third-order valence-corrected chi connectivity index (χ3v) is 4.31. The molecule has 1 fully saturated rings. The maximum atomic E-state index is 12.2. The molecule has 25 heavy (non-hydrogen) atoms. The lowest BCUT2D eigenvalue weighted by molar-refractivity contribution is -0.118. The summed E-state index contributed by atoms with van der Waals surface area (Å²) in [7, 11) is 0. The van der Waals surface area contributed by atoms with Crippen molar-refractivity contribution in [2.45, 2.75) is 26.7 Å². The van der Waals surface area contributed by atoms with E-state index in [0.717, 1.165) is 29.8 Å². The molecule has 0 unspecified atom stereocenters. The van der Waals surface area contributed by atoms with Crippen LogP contribution < -0.4 is 15.0 Å². The van der Waals surface area contributed by atoms with Crippen LogP contribution in [0.4, 0.5) is 11.4 Å². The van der Waals surface area contributed by atoms with Crippen molar-refractivity contribution in [1.29, 1.82) is 0 Å². The van der Waals surface area contributed by atoms with Crippen LogP contribution in [0.1, 0.15) is 24.0 Å². The van der Waals surface area contributed by atoms with Crippen molar-refractivity contribution in [2.24, 2.45) is 0 Å². The summed E-state index contributed by atoms with van der Waals surface area (Å²) < 4.78 is 5.57. The van der Waals surface area contributed by atoms with E-state index in [4.69, 9.17) is 4.74 Å². The van der Waals surface area contributed by atoms with E-state index in [0.29, 0.717) is 17.9 Å². The third kappa shape index (κ3) is 3.99. The zero-order valence-electron chi connectivity index (χ0n) is 14.5. The SMILES string of the molecule is Cc1ccccc1OCC(=O)Nc1ccc(C)c(N2CCCC2=O)c1. The van der Waals surface area contributed by atoms with Gasteiger partial charge in [0.05, 0.1) is 0 Å². The van der Waals surface area contributed by atoms with E-state index >= 15 is 0 Å². The number of rotatable bonds is 5. The Morgan fingerprint density at radius 3 is 2.68 bits per heavy atom. The maximum Gasteiger partial charge on any atom is 0.262 e. The molecule has 0 atom stereocenters. The number of nitrogens with zero attached hydrogens (tertiary/aromatic N) is 1. The van der Waals surface area contributed by atoms with Crippen LogP contribution in [-0.4, -0.2) is 25.0 Å². The van der Waals surface area contributed by atoms with Gasteiger partial charge in [-0.15, -0.1) is 0 Å². The Balaban J connectivity index is 1.65. The number of benzene rings is 2. The van der Waals surface area contributed by atoms with E-state index in [2.05, 4.69) is 5.32 Å². The summed E-state index contributed by atoms with van der Waals surface area (Å²) in [6.45, 7) is 4.57. The van der Waals surface area contributed by atoms with Gasteiger partial charge in [0.15, 0.2) is 6.61 Å². The van der Waals surface area contributed by atoms with E-state index < -0.39 is 0 Å². The number of amides is 2. The first kappa shape index (κ1) is 17.0. The molecule has 3 rings (SSSR count). The molecule has 2 amide bonds. The highest BCUT2D eigenvalue weighted by Gasteiger charge is 2.23. The van der Waals surface area contributed by atoms with Crippen LogP contribution >= 0.6 is 0 Å². The van der Waals surface area contributed by atoms with Crippen molar-refractivity contribution in [3.63, 3.8) is 0 Å². The lowest BCUT2D eigenvalue weighted by atomic mass is 10.1. The van der Waals surface area contributed by atoms with Crippen LogP contribution in [0.15, 0.2) is 42.5 Å². The number of anilines is 2. The van der Waals surface area contributed by atoms with E-state index in [-0.39, 0.29) is 18.4 Å². The molecule has 130 valence electrons. The number of nitrogens with one attached hydrogen (secondary N) is 1. The van der Waals surface area contributed by atoms with Gasteiger partial charge in [-0.2, -0.15) is 0 Å². The zero-order chi connectivity index (χ0) is 17.8. The Labute approximate surface area is 147 Å². The minimum Gasteiger partial charge on any atom is -0.483 e.